The molecule has 0 radical (unpaired) electrons. The van der Waals surface area contributed by atoms with Gasteiger partial charge in [0.25, 0.3) is 0 Å². The van der Waals surface area contributed by atoms with Gasteiger partial charge in [0.1, 0.15) is 5.75 Å². The molecule has 1 aromatic carbocycles. The third-order valence-corrected chi connectivity index (χ3v) is 1.88. The van der Waals surface area contributed by atoms with E-state index in [-0.39, 0.29) is 6.10 Å². The van der Waals surface area contributed by atoms with Crippen LogP contribution >= 0.6 is 0 Å². The quantitative estimate of drug-likeness (QED) is 0.707. The number of nitrogens with zero attached hydrogens (tertiary/aromatic N) is 1. The van der Waals surface area contributed by atoms with Crippen LogP contribution in [0.1, 0.15) is 25.8 Å². The Balaban J connectivity index is 2.73. The molecule has 2 heteroatoms. The summed E-state index contributed by atoms with van der Waals surface area (Å²) < 4.78 is 5.55. The number of hydrogen-bond donors (Lipinski definition) is 0. The van der Waals surface area contributed by atoms with E-state index in [1.54, 1.807) is 12.1 Å². The van der Waals surface area contributed by atoms with Gasteiger partial charge in [0.15, 0.2) is 0 Å². The van der Waals surface area contributed by atoms with Gasteiger partial charge in [0.05, 0.1) is 17.7 Å². The van der Waals surface area contributed by atoms with Gasteiger partial charge in [-0.05, 0) is 31.5 Å². The lowest BCUT2D eigenvalue weighted by molar-refractivity contribution is 0.217. The van der Waals surface area contributed by atoms with Crippen molar-refractivity contribution < 1.29 is 4.74 Å². The van der Waals surface area contributed by atoms with Crippen molar-refractivity contribution in [1.29, 1.82) is 5.26 Å². The normalized spacial score (nSPS) is 11.8. The first-order valence-electron chi connectivity index (χ1n) is 4.43. The fourth-order valence-corrected chi connectivity index (χ4v) is 0.955. The van der Waals surface area contributed by atoms with Gasteiger partial charge in [-0.25, -0.2) is 0 Å². The van der Waals surface area contributed by atoms with Crippen LogP contribution in [0.2, 0.25) is 0 Å². The minimum Gasteiger partial charge on any atom is -0.491 e. The standard InChI is InChI=1S/C11H13NO/c1-3-9(2)13-11-6-4-5-10(7-11)8-12/h4-7,9H,3H2,1-2H3. The monoisotopic (exact) mass is 175 g/mol. The lowest BCUT2D eigenvalue weighted by Crippen LogP contribution is -2.09. The Morgan fingerprint density at radius 2 is 2.31 bits per heavy atom. The number of nitriles is 1. The molecule has 0 saturated carbocycles. The Labute approximate surface area is 78.8 Å². The zero-order valence-corrected chi connectivity index (χ0v) is 7.95. The molecule has 13 heavy (non-hydrogen) atoms. The van der Waals surface area contributed by atoms with Gasteiger partial charge in [-0.1, -0.05) is 13.0 Å². The van der Waals surface area contributed by atoms with E-state index in [9.17, 15) is 0 Å². The van der Waals surface area contributed by atoms with E-state index in [0.717, 1.165) is 12.2 Å². The van der Waals surface area contributed by atoms with Crippen LogP contribution in [0.4, 0.5) is 0 Å². The molecule has 0 aromatic heterocycles. The van der Waals surface area contributed by atoms with Crippen LogP contribution in [0.15, 0.2) is 24.3 Å². The fourth-order valence-electron chi connectivity index (χ4n) is 0.955. The van der Waals surface area contributed by atoms with Gasteiger partial charge in [0, 0.05) is 0 Å². The summed E-state index contributed by atoms with van der Waals surface area (Å²) in [4.78, 5) is 0. The maximum atomic E-state index is 8.65. The van der Waals surface area contributed by atoms with E-state index in [0.29, 0.717) is 5.56 Å². The lowest BCUT2D eigenvalue weighted by Gasteiger charge is -2.11. The van der Waals surface area contributed by atoms with Crippen molar-refractivity contribution >= 4 is 0 Å². The molecule has 1 unspecified atom stereocenters. The highest BCUT2D eigenvalue weighted by Crippen LogP contribution is 2.14. The first-order chi connectivity index (χ1) is 6.26. The predicted molar refractivity (Wildman–Crippen MR) is 51.5 cm³/mol. The first-order valence-corrected chi connectivity index (χ1v) is 4.43. The average molecular weight is 175 g/mol. The highest BCUT2D eigenvalue weighted by Gasteiger charge is 2.00. The van der Waals surface area contributed by atoms with Gasteiger partial charge < -0.3 is 4.74 Å². The molecule has 1 aromatic rings. The van der Waals surface area contributed by atoms with Gasteiger partial charge in [0.2, 0.25) is 0 Å². The van der Waals surface area contributed by atoms with Crippen LogP contribution in [0.25, 0.3) is 0 Å². The van der Waals surface area contributed by atoms with E-state index in [1.807, 2.05) is 19.1 Å². The van der Waals surface area contributed by atoms with Crippen LogP contribution in [0, 0.1) is 11.3 Å². The summed E-state index contributed by atoms with van der Waals surface area (Å²) in [6, 6.07) is 9.30. The Hall–Kier alpha value is -1.49. The van der Waals surface area contributed by atoms with Crippen molar-refractivity contribution in [2.45, 2.75) is 26.4 Å². The average Bonchev–Trinajstić information content (AvgIpc) is 2.18. The van der Waals surface area contributed by atoms with Gasteiger partial charge in [-0.2, -0.15) is 5.26 Å². The van der Waals surface area contributed by atoms with E-state index >= 15 is 0 Å². The minimum atomic E-state index is 0.203. The molecule has 0 heterocycles. The first kappa shape index (κ1) is 9.60. The second-order valence-electron chi connectivity index (χ2n) is 2.98. The lowest BCUT2D eigenvalue weighted by atomic mass is 10.2. The van der Waals surface area contributed by atoms with Crippen LogP contribution in [0.5, 0.6) is 5.75 Å². The molecule has 68 valence electrons. The van der Waals surface area contributed by atoms with Gasteiger partial charge >= 0.3 is 0 Å². The molecule has 0 N–H and O–H groups in total. The number of ether oxygens (including phenoxy) is 1. The molecule has 0 aliphatic rings. The van der Waals surface area contributed by atoms with E-state index in [1.165, 1.54) is 0 Å². The van der Waals surface area contributed by atoms with E-state index < -0.39 is 0 Å². The van der Waals surface area contributed by atoms with Crippen molar-refractivity contribution in [3.63, 3.8) is 0 Å². The second-order valence-corrected chi connectivity index (χ2v) is 2.98. The van der Waals surface area contributed by atoms with Crippen LogP contribution in [-0.4, -0.2) is 6.10 Å². The SMILES string of the molecule is CCC(C)Oc1cccc(C#N)c1. The van der Waals surface area contributed by atoms with Crippen molar-refractivity contribution in [2.24, 2.45) is 0 Å². The largest absolute Gasteiger partial charge is 0.491 e. The molecule has 1 atom stereocenters. The second kappa shape index (κ2) is 4.51. The predicted octanol–water partition coefficient (Wildman–Crippen LogP) is 2.74. The highest BCUT2D eigenvalue weighted by molar-refractivity contribution is 5.36. The molecule has 0 amide bonds. The molecule has 2 nitrogen and oxygen atoms in total. The molecule has 1 rings (SSSR count). The molecule has 0 aliphatic carbocycles. The summed E-state index contributed by atoms with van der Waals surface area (Å²) in [5.74, 6) is 0.772. The molecule has 0 aliphatic heterocycles. The molecular weight excluding hydrogens is 162 g/mol. The Morgan fingerprint density at radius 1 is 1.54 bits per heavy atom. The Bertz CT molecular complexity index is 314. The third-order valence-electron chi connectivity index (χ3n) is 1.88. The van der Waals surface area contributed by atoms with Gasteiger partial charge in [-0.15, -0.1) is 0 Å². The van der Waals surface area contributed by atoms with Crippen molar-refractivity contribution in [2.75, 3.05) is 0 Å². The summed E-state index contributed by atoms with van der Waals surface area (Å²) in [6.45, 7) is 4.08. The number of rotatable bonds is 3. The Morgan fingerprint density at radius 3 is 2.92 bits per heavy atom. The van der Waals surface area contributed by atoms with E-state index in [2.05, 4.69) is 13.0 Å². The molecule has 0 spiro atoms. The summed E-state index contributed by atoms with van der Waals surface area (Å²) in [7, 11) is 0. The van der Waals surface area contributed by atoms with E-state index in [4.69, 9.17) is 10.00 Å². The molecule has 0 bridgehead atoms. The minimum absolute atomic E-state index is 0.203. The van der Waals surface area contributed by atoms with Crippen molar-refractivity contribution in [3.8, 4) is 11.8 Å². The third kappa shape index (κ3) is 2.79. The maximum absolute atomic E-state index is 8.65. The van der Waals surface area contributed by atoms with Crippen LogP contribution < -0.4 is 4.74 Å². The summed E-state index contributed by atoms with van der Waals surface area (Å²) in [6.07, 6.45) is 1.17. The van der Waals surface area contributed by atoms with Crippen molar-refractivity contribution in [3.05, 3.63) is 29.8 Å². The zero-order chi connectivity index (χ0) is 9.68. The van der Waals surface area contributed by atoms with Crippen molar-refractivity contribution in [1.82, 2.24) is 0 Å². The highest BCUT2D eigenvalue weighted by atomic mass is 16.5. The maximum Gasteiger partial charge on any atom is 0.121 e. The molecular formula is C11H13NO. The summed E-state index contributed by atoms with van der Waals surface area (Å²) in [5, 5.41) is 8.65. The smallest absolute Gasteiger partial charge is 0.121 e. The van der Waals surface area contributed by atoms with Gasteiger partial charge in [-0.3, -0.25) is 0 Å². The summed E-state index contributed by atoms with van der Waals surface area (Å²) in [5.41, 5.74) is 0.640. The zero-order valence-electron chi connectivity index (χ0n) is 7.95. The molecule has 0 fully saturated rings. The fraction of sp³-hybridized carbons (Fsp3) is 0.364. The van der Waals surface area contributed by atoms with Crippen LogP contribution in [0.3, 0.4) is 0 Å². The number of hydrogen-bond acceptors (Lipinski definition) is 2. The topological polar surface area (TPSA) is 33.0 Å². The Kier molecular flexibility index (Phi) is 3.33. The molecule has 0 saturated heterocycles. The van der Waals surface area contributed by atoms with Crippen LogP contribution in [-0.2, 0) is 0 Å². The summed E-state index contributed by atoms with van der Waals surface area (Å²) >= 11 is 0. The number of benzene rings is 1.